The molecule has 20 nitrogen and oxygen atoms in total. The van der Waals surface area contributed by atoms with Gasteiger partial charge in [0.15, 0.2) is 30.9 Å². The van der Waals surface area contributed by atoms with Crippen LogP contribution in [-0.4, -0.2) is 149 Å². The Kier molecular flexibility index (Phi) is 18.0. The van der Waals surface area contributed by atoms with Gasteiger partial charge in [0.05, 0.1) is 7.11 Å². The molecule has 0 bridgehead atoms. The summed E-state index contributed by atoms with van der Waals surface area (Å²) in [6.45, 7) is 13.7. The van der Waals surface area contributed by atoms with E-state index >= 15 is 0 Å². The third-order valence-corrected chi connectivity index (χ3v) is 7.41. The Balaban J connectivity index is 0.00000148. The molecule has 2 heterocycles. The van der Waals surface area contributed by atoms with Gasteiger partial charge in [-0.2, -0.15) is 0 Å². The number of methoxy groups -OCH3 is 1. The lowest BCUT2D eigenvalue weighted by Gasteiger charge is -2.47. The summed E-state index contributed by atoms with van der Waals surface area (Å²) >= 11 is 0. The van der Waals surface area contributed by atoms with Crippen LogP contribution in [0.1, 0.15) is 48.5 Å². The Bertz CT molecular complexity index is 1130. The molecule has 0 aromatic heterocycles. The highest BCUT2D eigenvalue weighted by atomic mass is 31.2. The van der Waals surface area contributed by atoms with Gasteiger partial charge in [-0.25, -0.2) is 9.36 Å². The Morgan fingerprint density at radius 3 is 1.75 bits per heavy atom. The smallest absolute Gasteiger partial charge is 0.467 e. The molecule has 2 saturated heterocycles. The number of nitrogens with one attached hydrogen (secondary N) is 1. The van der Waals surface area contributed by atoms with Gasteiger partial charge in [-0.3, -0.25) is 23.7 Å². The number of aliphatic hydroxyl groups excluding tert-OH is 2. The van der Waals surface area contributed by atoms with E-state index in [0.717, 1.165) is 34.8 Å². The monoisotopic (exact) mass is 718 g/mol. The number of carbonyl (C=O) groups is 5. The first-order valence-corrected chi connectivity index (χ1v) is 16.4. The number of rotatable bonds is 13. The SMILES string of the molecule is CCN(CC)CC.COC(=O)[C@H]1O[C@H](OP(=O)(O)O)[C@H](O)[C@@H](O)[C@@H]1O[C@@H]1O[C@H](COC(C)=O)[C@@H](OC(C)=O)[C@H](OC(C)=O)[C@H]1NC(C)=O. The summed E-state index contributed by atoms with van der Waals surface area (Å²) in [7, 11) is -4.39. The quantitative estimate of drug-likeness (QED) is 0.0790. The minimum atomic E-state index is -5.30. The Morgan fingerprint density at radius 1 is 0.792 bits per heavy atom. The number of phosphoric ester groups is 1. The highest BCUT2D eigenvalue weighted by Crippen LogP contribution is 2.41. The zero-order valence-electron chi connectivity index (χ0n) is 28.0. The highest BCUT2D eigenvalue weighted by molar-refractivity contribution is 7.46. The first kappa shape index (κ1) is 43.2. The summed E-state index contributed by atoms with van der Waals surface area (Å²) in [5, 5.41) is 23.6. The summed E-state index contributed by atoms with van der Waals surface area (Å²) in [6, 6.07) is -1.53. The van der Waals surface area contributed by atoms with Crippen molar-refractivity contribution < 1.29 is 86.2 Å². The van der Waals surface area contributed by atoms with Crippen molar-refractivity contribution in [1.29, 1.82) is 0 Å². The first-order valence-electron chi connectivity index (χ1n) is 14.9. The predicted octanol–water partition coefficient (Wildman–Crippen LogP) is -1.90. The molecular formula is C27H47N2O18P. The predicted molar refractivity (Wildman–Crippen MR) is 158 cm³/mol. The number of ether oxygens (including phenoxy) is 7. The fourth-order valence-corrected chi connectivity index (χ4v) is 5.19. The Labute approximate surface area is 277 Å². The normalized spacial score (nSPS) is 30.3. The number of aliphatic hydroxyl groups is 2. The van der Waals surface area contributed by atoms with Crippen LogP contribution in [0, 0.1) is 0 Å². The summed E-state index contributed by atoms with van der Waals surface area (Å²) in [5.41, 5.74) is 0. The van der Waals surface area contributed by atoms with Crippen LogP contribution in [0.5, 0.6) is 0 Å². The van der Waals surface area contributed by atoms with E-state index in [1.54, 1.807) is 0 Å². The minimum Gasteiger partial charge on any atom is -0.467 e. The molecule has 0 unspecified atom stereocenters. The van der Waals surface area contributed by atoms with Crippen molar-refractivity contribution in [1.82, 2.24) is 10.2 Å². The van der Waals surface area contributed by atoms with Crippen LogP contribution in [-0.2, 0) is 66.2 Å². The standard InChI is InChI=1S/C21H32NO18P.C6H15N/c1-7(23)22-12-16(36-10(4)26)15(35-9(3)25)11(6-34-8(2)24)37-20(12)38-17-13(27)14(28)21(40-41(30,31)32)39-18(17)19(29)33-5;1-4-7(5-2)6-3/h11-18,20-21,27-28H,6H2,1-5H3,(H,22,23)(H2,30,31,32);4-6H2,1-3H3/t11-,12-,13-,14-,15-,16-,17+,18+,20+,21-;/m1./s1. The Morgan fingerprint density at radius 2 is 1.33 bits per heavy atom. The van der Waals surface area contributed by atoms with Crippen molar-refractivity contribution in [3.8, 4) is 0 Å². The molecular weight excluding hydrogens is 671 g/mol. The van der Waals surface area contributed by atoms with Gasteiger partial charge in [0.25, 0.3) is 0 Å². The highest BCUT2D eigenvalue weighted by Gasteiger charge is 2.56. The van der Waals surface area contributed by atoms with Crippen LogP contribution in [0.4, 0.5) is 0 Å². The second-order valence-corrected chi connectivity index (χ2v) is 11.7. The van der Waals surface area contributed by atoms with Gasteiger partial charge in [0, 0.05) is 27.7 Å². The molecule has 2 rings (SSSR count). The topological polar surface area (TPSA) is 272 Å². The van der Waals surface area contributed by atoms with E-state index in [4.69, 9.17) is 38.2 Å². The molecule has 278 valence electrons. The van der Waals surface area contributed by atoms with Crippen LogP contribution in [0.2, 0.25) is 0 Å². The van der Waals surface area contributed by atoms with Crippen molar-refractivity contribution in [3.63, 3.8) is 0 Å². The van der Waals surface area contributed by atoms with E-state index < -0.39 is 106 Å². The van der Waals surface area contributed by atoms with Crippen LogP contribution >= 0.6 is 7.82 Å². The molecule has 0 aliphatic carbocycles. The summed E-state index contributed by atoms with van der Waals surface area (Å²) in [6.07, 6.45) is -16.8. The number of amides is 1. The average molecular weight is 719 g/mol. The molecule has 5 N–H and O–H groups in total. The number of phosphoric acid groups is 1. The maximum atomic E-state index is 12.5. The summed E-state index contributed by atoms with van der Waals surface area (Å²) < 4.78 is 52.4. The number of carbonyl (C=O) groups excluding carboxylic acids is 5. The molecule has 48 heavy (non-hydrogen) atoms. The Hall–Kier alpha value is -2.78. The largest absolute Gasteiger partial charge is 0.472 e. The van der Waals surface area contributed by atoms with Crippen molar-refractivity contribution in [3.05, 3.63) is 0 Å². The molecule has 0 aromatic carbocycles. The van der Waals surface area contributed by atoms with Gasteiger partial charge in [0.2, 0.25) is 5.91 Å². The van der Waals surface area contributed by atoms with Crippen LogP contribution in [0.15, 0.2) is 0 Å². The third kappa shape index (κ3) is 13.6. The van der Waals surface area contributed by atoms with Gasteiger partial charge >= 0.3 is 31.7 Å². The lowest BCUT2D eigenvalue weighted by atomic mass is 9.94. The molecule has 1 amide bonds. The van der Waals surface area contributed by atoms with E-state index in [9.17, 15) is 38.8 Å². The number of hydrogen-bond donors (Lipinski definition) is 5. The van der Waals surface area contributed by atoms with E-state index in [1.165, 1.54) is 19.6 Å². The van der Waals surface area contributed by atoms with Crippen LogP contribution < -0.4 is 5.32 Å². The maximum absolute atomic E-state index is 12.5. The van der Waals surface area contributed by atoms with Crippen molar-refractivity contribution >= 4 is 37.6 Å². The zero-order chi connectivity index (χ0) is 36.9. The molecule has 2 aliphatic heterocycles. The molecule has 2 fully saturated rings. The second-order valence-electron chi connectivity index (χ2n) is 10.5. The van der Waals surface area contributed by atoms with Gasteiger partial charge in [-0.1, -0.05) is 20.8 Å². The van der Waals surface area contributed by atoms with Gasteiger partial charge in [0.1, 0.15) is 37.1 Å². The van der Waals surface area contributed by atoms with E-state index in [2.05, 4.69) is 40.2 Å². The van der Waals surface area contributed by atoms with Crippen molar-refractivity contribution in [2.24, 2.45) is 0 Å². The zero-order valence-corrected chi connectivity index (χ0v) is 28.9. The summed E-state index contributed by atoms with van der Waals surface area (Å²) in [5.74, 6) is -4.54. The van der Waals surface area contributed by atoms with E-state index in [1.807, 2.05) is 0 Å². The molecule has 0 saturated carbocycles. The molecule has 10 atom stereocenters. The molecule has 0 radical (unpaired) electrons. The van der Waals surface area contributed by atoms with Crippen LogP contribution in [0.25, 0.3) is 0 Å². The molecule has 21 heteroatoms. The van der Waals surface area contributed by atoms with Crippen LogP contribution in [0.3, 0.4) is 0 Å². The van der Waals surface area contributed by atoms with Crippen molar-refractivity contribution in [2.75, 3.05) is 33.4 Å². The fourth-order valence-electron chi connectivity index (χ4n) is 4.75. The fraction of sp³-hybridized carbons (Fsp3) is 0.815. The molecule has 0 spiro atoms. The lowest BCUT2D eigenvalue weighted by molar-refractivity contribution is -0.334. The average Bonchev–Trinajstić information content (AvgIpc) is 2.98. The number of nitrogens with zero attached hydrogens (tertiary/aromatic N) is 1. The van der Waals surface area contributed by atoms with Gasteiger partial charge in [-0.05, 0) is 19.6 Å². The first-order chi connectivity index (χ1) is 22.3. The second kappa shape index (κ2) is 20.0. The lowest BCUT2D eigenvalue weighted by Crippen LogP contribution is -2.69. The van der Waals surface area contributed by atoms with Gasteiger partial charge in [-0.15, -0.1) is 0 Å². The number of esters is 4. The van der Waals surface area contributed by atoms with E-state index in [0.29, 0.717) is 0 Å². The van der Waals surface area contributed by atoms with Crippen molar-refractivity contribution in [2.45, 2.75) is 110 Å². The minimum absolute atomic E-state index is 0.595. The summed E-state index contributed by atoms with van der Waals surface area (Å²) in [4.78, 5) is 80.5. The van der Waals surface area contributed by atoms with E-state index in [-0.39, 0.29) is 0 Å². The molecule has 0 aromatic rings. The number of hydrogen-bond acceptors (Lipinski definition) is 17. The maximum Gasteiger partial charge on any atom is 0.472 e. The third-order valence-electron chi connectivity index (χ3n) is 6.92. The molecule has 2 aliphatic rings. The van der Waals surface area contributed by atoms with Gasteiger partial charge < -0.3 is 63.4 Å².